The fraction of sp³-hybridized carbons (Fsp3) is 0.889. The van der Waals surface area contributed by atoms with E-state index in [1.165, 1.54) is 0 Å². The number of unbranched alkanes of at least 4 members (excludes halogenated alkanes) is 1. The molecule has 3 nitrogen and oxygen atoms in total. The maximum Gasteiger partial charge on any atom is 0.320 e. The lowest BCUT2D eigenvalue weighted by Crippen LogP contribution is -2.29. The average molecular weight is 205 g/mol. The monoisotopic (exact) mass is 205 g/mol. The van der Waals surface area contributed by atoms with Crippen LogP contribution < -0.4 is 5.73 Å². The van der Waals surface area contributed by atoms with Crippen LogP contribution in [0.1, 0.15) is 33.1 Å². The van der Waals surface area contributed by atoms with E-state index in [0.717, 1.165) is 18.6 Å². The van der Waals surface area contributed by atoms with Crippen molar-refractivity contribution in [2.75, 3.05) is 5.75 Å². The van der Waals surface area contributed by atoms with Crippen LogP contribution in [-0.4, -0.2) is 28.1 Å². The summed E-state index contributed by atoms with van der Waals surface area (Å²) in [6, 6.07) is -0.677. The fourth-order valence-corrected chi connectivity index (χ4v) is 1.75. The van der Waals surface area contributed by atoms with Crippen molar-refractivity contribution in [1.82, 2.24) is 0 Å². The van der Waals surface area contributed by atoms with E-state index < -0.39 is 12.0 Å². The molecule has 78 valence electrons. The first-order valence-corrected chi connectivity index (χ1v) is 5.69. The fourth-order valence-electron chi connectivity index (χ4n) is 0.909. The number of hydrogen-bond donors (Lipinski definition) is 2. The Hall–Kier alpha value is -0.220. The summed E-state index contributed by atoms with van der Waals surface area (Å²) < 4.78 is 0. The van der Waals surface area contributed by atoms with E-state index >= 15 is 0 Å². The lowest BCUT2D eigenvalue weighted by molar-refractivity contribution is -0.138. The molecular formula is C9H19NO2S. The first kappa shape index (κ1) is 12.8. The van der Waals surface area contributed by atoms with Crippen molar-refractivity contribution in [1.29, 1.82) is 0 Å². The van der Waals surface area contributed by atoms with Crippen LogP contribution in [0.25, 0.3) is 0 Å². The van der Waals surface area contributed by atoms with Crippen LogP contribution in [0.15, 0.2) is 0 Å². The van der Waals surface area contributed by atoms with Crippen LogP contribution in [0, 0.1) is 0 Å². The first-order chi connectivity index (χ1) is 6.04. The minimum absolute atomic E-state index is 0.591. The van der Waals surface area contributed by atoms with Crippen LogP contribution in [0.5, 0.6) is 0 Å². The van der Waals surface area contributed by atoms with Crippen molar-refractivity contribution in [3.8, 4) is 0 Å². The maximum absolute atomic E-state index is 10.3. The van der Waals surface area contributed by atoms with Gasteiger partial charge in [-0.2, -0.15) is 11.8 Å². The van der Waals surface area contributed by atoms with Crippen LogP contribution in [0.4, 0.5) is 0 Å². The quantitative estimate of drug-likeness (QED) is 0.621. The van der Waals surface area contributed by atoms with E-state index in [4.69, 9.17) is 10.8 Å². The molecule has 0 aromatic carbocycles. The summed E-state index contributed by atoms with van der Waals surface area (Å²) in [5.74, 6) is 0.209. The summed E-state index contributed by atoms with van der Waals surface area (Å²) in [5, 5.41) is 9.16. The van der Waals surface area contributed by atoms with Crippen molar-refractivity contribution in [2.24, 2.45) is 5.73 Å². The number of rotatable bonds is 7. The molecule has 4 heteroatoms. The molecule has 0 fully saturated rings. The van der Waals surface area contributed by atoms with Gasteiger partial charge in [0.1, 0.15) is 6.04 Å². The minimum atomic E-state index is -0.892. The largest absolute Gasteiger partial charge is 0.480 e. The summed E-state index contributed by atoms with van der Waals surface area (Å²) in [5.41, 5.74) is 5.35. The third-order valence-electron chi connectivity index (χ3n) is 1.68. The molecule has 0 aliphatic carbocycles. The molecule has 0 heterocycles. The highest BCUT2D eigenvalue weighted by atomic mass is 32.2. The summed E-state index contributed by atoms with van der Waals surface area (Å²) in [4.78, 5) is 10.3. The second-order valence-electron chi connectivity index (χ2n) is 3.36. The molecule has 0 amide bonds. The molecule has 1 atom stereocenters. The van der Waals surface area contributed by atoms with Crippen molar-refractivity contribution < 1.29 is 9.90 Å². The third-order valence-corrected chi connectivity index (χ3v) is 2.87. The second-order valence-corrected chi connectivity index (χ2v) is 5.04. The van der Waals surface area contributed by atoms with E-state index in [-0.39, 0.29) is 0 Å². The molecule has 1 unspecified atom stereocenters. The highest BCUT2D eigenvalue weighted by molar-refractivity contribution is 7.99. The van der Waals surface area contributed by atoms with Gasteiger partial charge in [-0.05, 0) is 23.8 Å². The Kier molecular flexibility index (Phi) is 7.09. The van der Waals surface area contributed by atoms with Crippen molar-refractivity contribution >= 4 is 17.7 Å². The number of nitrogens with two attached hydrogens (primary N) is 1. The van der Waals surface area contributed by atoms with Gasteiger partial charge in [-0.1, -0.05) is 20.3 Å². The molecule has 0 spiro atoms. The predicted molar refractivity (Wildman–Crippen MR) is 57.1 cm³/mol. The first-order valence-electron chi connectivity index (χ1n) is 4.64. The molecule has 0 aliphatic rings. The molecule has 0 radical (unpaired) electrons. The standard InChI is InChI=1S/C9H19NO2S/c1-7(2)13-6-4-3-5-8(10)9(11)12/h7-8H,3-6,10H2,1-2H3,(H,11,12). The molecule has 13 heavy (non-hydrogen) atoms. The lowest BCUT2D eigenvalue weighted by Gasteiger charge is -2.06. The Balaban J connectivity index is 3.21. The molecule has 0 aromatic heterocycles. The second kappa shape index (κ2) is 7.21. The van der Waals surface area contributed by atoms with E-state index in [1.807, 2.05) is 11.8 Å². The van der Waals surface area contributed by atoms with Gasteiger partial charge in [0.25, 0.3) is 0 Å². The molecule has 0 saturated carbocycles. The van der Waals surface area contributed by atoms with Crippen molar-refractivity contribution in [3.63, 3.8) is 0 Å². The van der Waals surface area contributed by atoms with Gasteiger partial charge in [0, 0.05) is 0 Å². The molecule has 0 rings (SSSR count). The van der Waals surface area contributed by atoms with Crippen LogP contribution in [0.3, 0.4) is 0 Å². The Morgan fingerprint density at radius 1 is 1.46 bits per heavy atom. The molecule has 0 aliphatic heterocycles. The van der Waals surface area contributed by atoms with Gasteiger partial charge in [-0.3, -0.25) is 4.79 Å². The van der Waals surface area contributed by atoms with Crippen LogP contribution in [0.2, 0.25) is 0 Å². The topological polar surface area (TPSA) is 63.3 Å². The molecule has 3 N–H and O–H groups in total. The highest BCUT2D eigenvalue weighted by Crippen LogP contribution is 2.12. The predicted octanol–water partition coefficient (Wildman–Crippen LogP) is 1.71. The Labute approximate surface area is 84.1 Å². The Morgan fingerprint density at radius 3 is 2.54 bits per heavy atom. The van der Waals surface area contributed by atoms with Gasteiger partial charge < -0.3 is 10.8 Å². The minimum Gasteiger partial charge on any atom is -0.480 e. The zero-order chi connectivity index (χ0) is 10.3. The third kappa shape index (κ3) is 8.12. The summed E-state index contributed by atoms with van der Waals surface area (Å²) in [7, 11) is 0. The summed E-state index contributed by atoms with van der Waals surface area (Å²) in [6.07, 6.45) is 2.56. The van der Waals surface area contributed by atoms with Gasteiger partial charge in [0.15, 0.2) is 0 Å². The maximum atomic E-state index is 10.3. The summed E-state index contributed by atoms with van der Waals surface area (Å²) in [6.45, 7) is 4.32. The number of hydrogen-bond acceptors (Lipinski definition) is 3. The summed E-state index contributed by atoms with van der Waals surface area (Å²) >= 11 is 1.90. The van der Waals surface area contributed by atoms with E-state index in [2.05, 4.69) is 13.8 Å². The van der Waals surface area contributed by atoms with Crippen molar-refractivity contribution in [2.45, 2.75) is 44.4 Å². The zero-order valence-electron chi connectivity index (χ0n) is 8.32. The van der Waals surface area contributed by atoms with Gasteiger partial charge in [0.05, 0.1) is 0 Å². The SMILES string of the molecule is CC(C)SCCCCC(N)C(=O)O. The van der Waals surface area contributed by atoms with Crippen LogP contribution >= 0.6 is 11.8 Å². The number of carboxylic acid groups (broad SMARTS) is 1. The lowest BCUT2D eigenvalue weighted by atomic mass is 10.1. The highest BCUT2D eigenvalue weighted by Gasteiger charge is 2.09. The number of aliphatic carboxylic acids is 1. The van der Waals surface area contributed by atoms with Crippen molar-refractivity contribution in [3.05, 3.63) is 0 Å². The number of carbonyl (C=O) groups is 1. The molecular weight excluding hydrogens is 186 g/mol. The number of carboxylic acids is 1. The van der Waals surface area contributed by atoms with Gasteiger partial charge in [-0.25, -0.2) is 0 Å². The average Bonchev–Trinajstić information content (AvgIpc) is 2.02. The zero-order valence-corrected chi connectivity index (χ0v) is 9.14. The number of thioether (sulfide) groups is 1. The molecule has 0 saturated heterocycles. The van der Waals surface area contributed by atoms with Gasteiger partial charge in [-0.15, -0.1) is 0 Å². The normalized spacial score (nSPS) is 13.2. The smallest absolute Gasteiger partial charge is 0.320 e. The van der Waals surface area contributed by atoms with E-state index in [0.29, 0.717) is 11.7 Å². The van der Waals surface area contributed by atoms with Crippen LogP contribution in [-0.2, 0) is 4.79 Å². The molecule has 0 bridgehead atoms. The van der Waals surface area contributed by atoms with E-state index in [9.17, 15) is 4.79 Å². The Morgan fingerprint density at radius 2 is 2.08 bits per heavy atom. The van der Waals surface area contributed by atoms with E-state index in [1.54, 1.807) is 0 Å². The molecule has 0 aromatic rings. The van der Waals surface area contributed by atoms with Gasteiger partial charge in [0.2, 0.25) is 0 Å². The van der Waals surface area contributed by atoms with Gasteiger partial charge >= 0.3 is 5.97 Å². The Bertz CT molecular complexity index is 151.